The largest absolute Gasteiger partial charge is 0.497 e. The molecule has 1 aliphatic carbocycles. The van der Waals surface area contributed by atoms with Crippen LogP contribution in [-0.2, 0) is 4.79 Å². The number of nitrogens with one attached hydrogen (secondary N) is 3. The molecule has 0 aliphatic heterocycles. The first-order valence-electron chi connectivity index (χ1n) is 12.3. The molecular formula is C28H21FN8O2. The van der Waals surface area contributed by atoms with Gasteiger partial charge in [0, 0.05) is 40.9 Å². The Kier molecular flexibility index (Phi) is 5.29. The second-order valence-corrected chi connectivity index (χ2v) is 9.46. The van der Waals surface area contributed by atoms with E-state index in [1.807, 2.05) is 12.1 Å². The van der Waals surface area contributed by atoms with E-state index in [1.165, 1.54) is 19.2 Å². The summed E-state index contributed by atoms with van der Waals surface area (Å²) in [5.41, 5.74) is 5.95. The lowest BCUT2D eigenvalue weighted by Gasteiger charge is -2.06. The van der Waals surface area contributed by atoms with E-state index in [-0.39, 0.29) is 11.8 Å². The molecule has 3 N–H and O–H groups in total. The Morgan fingerprint density at radius 2 is 1.87 bits per heavy atom. The molecule has 5 aromatic heterocycles. The molecule has 11 heteroatoms. The van der Waals surface area contributed by atoms with Crippen molar-refractivity contribution in [3.63, 3.8) is 0 Å². The maximum absolute atomic E-state index is 14.2. The second-order valence-electron chi connectivity index (χ2n) is 9.46. The van der Waals surface area contributed by atoms with E-state index in [9.17, 15) is 9.18 Å². The van der Waals surface area contributed by atoms with Gasteiger partial charge in [-0.05, 0) is 42.7 Å². The minimum absolute atomic E-state index is 0.0184. The van der Waals surface area contributed by atoms with Crippen molar-refractivity contribution in [2.45, 2.75) is 12.8 Å². The third-order valence-electron chi connectivity index (χ3n) is 6.73. The maximum Gasteiger partial charge on any atom is 0.227 e. The lowest BCUT2D eigenvalue weighted by molar-refractivity contribution is -0.117. The Labute approximate surface area is 220 Å². The van der Waals surface area contributed by atoms with Crippen LogP contribution in [0.4, 0.5) is 10.1 Å². The van der Waals surface area contributed by atoms with Crippen molar-refractivity contribution in [3.05, 3.63) is 67.1 Å². The standard InChI is InChI=1S/C28H21FN8O2/c1-39-19-6-15(4-17(29)7-19)21-11-31-12-24-25(21)35-27(34-24)26-20-8-22(32-13-23(20)36-37-26)16-5-18(10-30-9-16)33-28(38)14-2-3-14/h4-14H,2-3H2,1H3,(H,33,38)(H,34,35)(H,36,37). The Bertz CT molecular complexity index is 1890. The highest BCUT2D eigenvalue weighted by Gasteiger charge is 2.29. The van der Waals surface area contributed by atoms with Crippen molar-refractivity contribution in [1.29, 1.82) is 0 Å². The van der Waals surface area contributed by atoms with Gasteiger partial charge in [-0.25, -0.2) is 9.37 Å². The molecule has 6 aromatic rings. The number of H-pyrrole nitrogens is 2. The van der Waals surface area contributed by atoms with Gasteiger partial charge in [0.1, 0.15) is 17.3 Å². The van der Waals surface area contributed by atoms with Gasteiger partial charge in [0.25, 0.3) is 0 Å². The van der Waals surface area contributed by atoms with E-state index in [1.54, 1.807) is 37.1 Å². The number of methoxy groups -OCH3 is 1. The number of imidazole rings is 1. The third kappa shape index (κ3) is 4.23. The molecule has 0 saturated heterocycles. The summed E-state index contributed by atoms with van der Waals surface area (Å²) in [6.45, 7) is 0. The summed E-state index contributed by atoms with van der Waals surface area (Å²) in [5.74, 6) is 0.626. The molecular weight excluding hydrogens is 499 g/mol. The minimum Gasteiger partial charge on any atom is -0.497 e. The monoisotopic (exact) mass is 520 g/mol. The van der Waals surface area contributed by atoms with Crippen LogP contribution >= 0.6 is 0 Å². The number of hydrogen-bond donors (Lipinski definition) is 3. The van der Waals surface area contributed by atoms with Crippen LogP contribution in [0, 0.1) is 11.7 Å². The molecule has 192 valence electrons. The van der Waals surface area contributed by atoms with Gasteiger partial charge in [-0.1, -0.05) is 0 Å². The smallest absolute Gasteiger partial charge is 0.227 e. The van der Waals surface area contributed by atoms with Crippen LogP contribution < -0.4 is 10.1 Å². The number of fused-ring (bicyclic) bond motifs is 2. The number of rotatable bonds is 6. The number of aromatic nitrogens is 7. The van der Waals surface area contributed by atoms with Gasteiger partial charge in [0.15, 0.2) is 5.82 Å². The van der Waals surface area contributed by atoms with Crippen LogP contribution in [0.5, 0.6) is 5.75 Å². The summed E-state index contributed by atoms with van der Waals surface area (Å²) in [6, 6.07) is 8.24. The summed E-state index contributed by atoms with van der Waals surface area (Å²) in [4.78, 5) is 33.5. The Balaban J connectivity index is 1.28. The third-order valence-corrected chi connectivity index (χ3v) is 6.73. The van der Waals surface area contributed by atoms with Gasteiger partial charge in [-0.2, -0.15) is 5.10 Å². The predicted molar refractivity (Wildman–Crippen MR) is 143 cm³/mol. The van der Waals surface area contributed by atoms with Gasteiger partial charge in [-0.15, -0.1) is 0 Å². The summed E-state index contributed by atoms with van der Waals surface area (Å²) in [7, 11) is 1.49. The molecule has 1 fully saturated rings. The quantitative estimate of drug-likeness (QED) is 0.277. The maximum atomic E-state index is 14.2. The zero-order chi connectivity index (χ0) is 26.5. The average Bonchev–Trinajstić information content (AvgIpc) is 3.58. The Hall–Kier alpha value is -5.19. The van der Waals surface area contributed by atoms with Gasteiger partial charge in [0.05, 0.1) is 53.6 Å². The van der Waals surface area contributed by atoms with Crippen molar-refractivity contribution in [3.8, 4) is 39.7 Å². The number of amides is 1. The number of hydrogen-bond acceptors (Lipinski definition) is 7. The summed E-state index contributed by atoms with van der Waals surface area (Å²) < 4.78 is 19.5. The summed E-state index contributed by atoms with van der Waals surface area (Å²) >= 11 is 0. The number of carbonyl (C=O) groups excluding carboxylic acids is 1. The molecule has 1 saturated carbocycles. The molecule has 5 heterocycles. The van der Waals surface area contributed by atoms with Crippen LogP contribution in [0.1, 0.15) is 12.8 Å². The minimum atomic E-state index is -0.416. The molecule has 0 bridgehead atoms. The molecule has 0 radical (unpaired) electrons. The van der Waals surface area contributed by atoms with Crippen LogP contribution in [0.3, 0.4) is 0 Å². The molecule has 7 rings (SSSR count). The first kappa shape index (κ1) is 23.0. The van der Waals surface area contributed by atoms with Crippen molar-refractivity contribution in [1.82, 2.24) is 35.1 Å². The van der Waals surface area contributed by atoms with E-state index in [2.05, 4.69) is 35.5 Å². The Morgan fingerprint density at radius 1 is 1.00 bits per heavy atom. The molecule has 10 nitrogen and oxygen atoms in total. The zero-order valence-electron chi connectivity index (χ0n) is 20.7. The molecule has 1 aliphatic rings. The normalized spacial score (nSPS) is 13.2. The second kappa shape index (κ2) is 8.98. The van der Waals surface area contributed by atoms with Crippen LogP contribution in [0.15, 0.2) is 61.3 Å². The number of benzene rings is 1. The number of aromatic amines is 2. The summed E-state index contributed by atoms with van der Waals surface area (Å²) in [6.07, 6.45) is 10.2. The fourth-order valence-electron chi connectivity index (χ4n) is 4.59. The van der Waals surface area contributed by atoms with Gasteiger partial charge < -0.3 is 15.0 Å². The zero-order valence-corrected chi connectivity index (χ0v) is 20.7. The van der Waals surface area contributed by atoms with Crippen molar-refractivity contribution in [2.24, 2.45) is 5.92 Å². The van der Waals surface area contributed by atoms with Crippen molar-refractivity contribution >= 4 is 33.5 Å². The highest BCUT2D eigenvalue weighted by atomic mass is 19.1. The van der Waals surface area contributed by atoms with E-state index < -0.39 is 5.82 Å². The van der Waals surface area contributed by atoms with Gasteiger partial charge >= 0.3 is 0 Å². The number of halogens is 1. The van der Waals surface area contributed by atoms with E-state index >= 15 is 0 Å². The number of carbonyl (C=O) groups is 1. The number of anilines is 1. The topological polar surface area (TPSA) is 134 Å². The van der Waals surface area contributed by atoms with Crippen LogP contribution in [0.2, 0.25) is 0 Å². The Morgan fingerprint density at radius 3 is 2.72 bits per heavy atom. The van der Waals surface area contributed by atoms with Crippen LogP contribution in [0.25, 0.3) is 55.8 Å². The van der Waals surface area contributed by atoms with Crippen LogP contribution in [-0.4, -0.2) is 48.1 Å². The predicted octanol–water partition coefficient (Wildman–Crippen LogP) is 5.12. The fraction of sp³-hybridized carbons (Fsp3) is 0.143. The molecule has 0 atom stereocenters. The number of pyridine rings is 3. The molecule has 1 aromatic carbocycles. The first-order chi connectivity index (χ1) is 19.1. The highest BCUT2D eigenvalue weighted by Crippen LogP contribution is 2.34. The SMILES string of the molecule is COc1cc(F)cc(-c2cncc3[nH]c(-c4n[nH]c5cnc(-c6cncc(NC(=O)C7CC7)c6)cc45)nc23)c1. The van der Waals surface area contributed by atoms with E-state index in [0.717, 1.165) is 29.3 Å². The van der Waals surface area contributed by atoms with Crippen molar-refractivity contribution in [2.75, 3.05) is 12.4 Å². The van der Waals surface area contributed by atoms with E-state index in [0.29, 0.717) is 50.8 Å². The lowest BCUT2D eigenvalue weighted by Crippen LogP contribution is -2.13. The molecule has 39 heavy (non-hydrogen) atoms. The lowest BCUT2D eigenvalue weighted by atomic mass is 10.1. The fourth-order valence-corrected chi connectivity index (χ4v) is 4.59. The average molecular weight is 521 g/mol. The number of ether oxygens (including phenoxy) is 1. The van der Waals surface area contributed by atoms with Gasteiger partial charge in [0.2, 0.25) is 5.91 Å². The van der Waals surface area contributed by atoms with E-state index in [4.69, 9.17) is 9.72 Å². The van der Waals surface area contributed by atoms with Gasteiger partial charge in [-0.3, -0.25) is 24.8 Å². The van der Waals surface area contributed by atoms with Crippen molar-refractivity contribution < 1.29 is 13.9 Å². The number of nitrogens with zero attached hydrogens (tertiary/aromatic N) is 5. The first-order valence-corrected chi connectivity index (χ1v) is 12.3. The molecule has 0 unspecified atom stereocenters. The summed E-state index contributed by atoms with van der Waals surface area (Å²) in [5, 5.41) is 11.2. The highest BCUT2D eigenvalue weighted by molar-refractivity contribution is 5.98. The molecule has 1 amide bonds. The molecule has 0 spiro atoms.